The summed E-state index contributed by atoms with van der Waals surface area (Å²) in [5, 5.41) is 17.4. The Kier molecular flexibility index (Phi) is 5.21. The van der Waals surface area contributed by atoms with Gasteiger partial charge in [0.05, 0.1) is 12.6 Å². The third-order valence-corrected chi connectivity index (χ3v) is 4.13. The van der Waals surface area contributed by atoms with Gasteiger partial charge in [-0.2, -0.15) is 11.3 Å². The number of aliphatic hydroxyl groups is 1. The van der Waals surface area contributed by atoms with E-state index in [-0.39, 0.29) is 6.10 Å². The van der Waals surface area contributed by atoms with Crippen molar-refractivity contribution in [3.8, 4) is 12.3 Å². The minimum Gasteiger partial charge on any atom is -0.387 e. The van der Waals surface area contributed by atoms with E-state index in [0.29, 0.717) is 12.6 Å². The maximum atomic E-state index is 9.98. The molecule has 1 aliphatic heterocycles. The first-order chi connectivity index (χ1) is 8.79. The Morgan fingerprint density at radius 3 is 2.94 bits per heavy atom. The van der Waals surface area contributed by atoms with Crippen molar-refractivity contribution in [2.75, 3.05) is 26.2 Å². The van der Waals surface area contributed by atoms with Gasteiger partial charge >= 0.3 is 0 Å². The molecule has 2 N–H and O–H groups in total. The Balaban J connectivity index is 1.68. The van der Waals surface area contributed by atoms with Crippen LogP contribution in [-0.4, -0.2) is 42.2 Å². The van der Waals surface area contributed by atoms with Gasteiger partial charge in [0.1, 0.15) is 0 Å². The van der Waals surface area contributed by atoms with Gasteiger partial charge in [-0.25, -0.2) is 0 Å². The van der Waals surface area contributed by atoms with E-state index in [2.05, 4.69) is 16.1 Å². The summed E-state index contributed by atoms with van der Waals surface area (Å²) in [5.74, 6) is 2.69. The molecular formula is C14H20N2OS. The van der Waals surface area contributed by atoms with Crippen LogP contribution in [0.15, 0.2) is 16.8 Å². The molecule has 4 heteroatoms. The van der Waals surface area contributed by atoms with Crippen molar-refractivity contribution in [2.24, 2.45) is 0 Å². The van der Waals surface area contributed by atoms with E-state index in [4.69, 9.17) is 6.42 Å². The highest BCUT2D eigenvalue weighted by molar-refractivity contribution is 7.07. The summed E-state index contributed by atoms with van der Waals surface area (Å²) in [6.07, 6.45) is 7.14. The lowest BCUT2D eigenvalue weighted by Gasteiger charge is -2.31. The zero-order valence-electron chi connectivity index (χ0n) is 10.5. The van der Waals surface area contributed by atoms with E-state index >= 15 is 0 Å². The van der Waals surface area contributed by atoms with E-state index in [1.165, 1.54) is 0 Å². The summed E-state index contributed by atoms with van der Waals surface area (Å²) in [4.78, 5) is 2.30. The van der Waals surface area contributed by atoms with Crippen molar-refractivity contribution in [1.82, 2.24) is 10.2 Å². The normalized spacial score (nSPS) is 19.6. The first kappa shape index (κ1) is 13.6. The monoisotopic (exact) mass is 264 g/mol. The summed E-state index contributed by atoms with van der Waals surface area (Å²) < 4.78 is 0. The van der Waals surface area contributed by atoms with E-state index in [1.807, 2.05) is 16.8 Å². The Hall–Kier alpha value is -0.860. The van der Waals surface area contributed by atoms with Crippen LogP contribution >= 0.6 is 11.3 Å². The maximum Gasteiger partial charge on any atom is 0.0922 e. The molecule has 0 aromatic carbocycles. The molecule has 2 rings (SSSR count). The van der Waals surface area contributed by atoms with Crippen LogP contribution in [-0.2, 0) is 0 Å². The number of nitrogens with one attached hydrogen (secondary N) is 1. The molecular weight excluding hydrogens is 244 g/mol. The predicted molar refractivity (Wildman–Crippen MR) is 75.6 cm³/mol. The maximum absolute atomic E-state index is 9.98. The van der Waals surface area contributed by atoms with Gasteiger partial charge < -0.3 is 10.4 Å². The molecule has 0 radical (unpaired) electrons. The lowest BCUT2D eigenvalue weighted by Crippen LogP contribution is -2.43. The Morgan fingerprint density at radius 1 is 1.56 bits per heavy atom. The van der Waals surface area contributed by atoms with Crippen LogP contribution in [0.2, 0.25) is 0 Å². The minimum atomic E-state index is -0.389. The van der Waals surface area contributed by atoms with Crippen LogP contribution in [0.3, 0.4) is 0 Å². The van der Waals surface area contributed by atoms with Crippen LogP contribution in [0.4, 0.5) is 0 Å². The molecule has 3 nitrogen and oxygen atoms in total. The summed E-state index contributed by atoms with van der Waals surface area (Å²) in [7, 11) is 0. The highest BCUT2D eigenvalue weighted by Gasteiger charge is 2.19. The van der Waals surface area contributed by atoms with E-state index in [0.717, 1.165) is 38.0 Å². The van der Waals surface area contributed by atoms with Gasteiger partial charge in [-0.1, -0.05) is 5.92 Å². The lowest BCUT2D eigenvalue weighted by molar-refractivity contribution is 0.155. The number of aliphatic hydroxyl groups excluding tert-OH is 1. The van der Waals surface area contributed by atoms with Gasteiger partial charge in [0, 0.05) is 25.7 Å². The summed E-state index contributed by atoms with van der Waals surface area (Å²) >= 11 is 1.62. The molecule has 1 fully saturated rings. The second-order valence-electron chi connectivity index (χ2n) is 4.74. The number of thiophene rings is 1. The lowest BCUT2D eigenvalue weighted by atomic mass is 10.0. The highest BCUT2D eigenvalue weighted by Crippen LogP contribution is 2.16. The minimum absolute atomic E-state index is 0.389. The van der Waals surface area contributed by atoms with Crippen molar-refractivity contribution in [1.29, 1.82) is 0 Å². The fraction of sp³-hybridized carbons (Fsp3) is 0.571. The second-order valence-corrected chi connectivity index (χ2v) is 5.52. The molecule has 0 saturated carbocycles. The molecule has 1 aromatic heterocycles. The molecule has 1 aromatic rings. The molecule has 0 bridgehead atoms. The first-order valence-electron chi connectivity index (χ1n) is 6.39. The Bertz CT molecular complexity index is 377. The number of hydrogen-bond acceptors (Lipinski definition) is 4. The smallest absolute Gasteiger partial charge is 0.0922 e. The molecule has 1 saturated heterocycles. The van der Waals surface area contributed by atoms with Crippen molar-refractivity contribution in [3.05, 3.63) is 22.4 Å². The topological polar surface area (TPSA) is 35.5 Å². The number of hydrogen-bond donors (Lipinski definition) is 2. The molecule has 0 spiro atoms. The van der Waals surface area contributed by atoms with Crippen LogP contribution < -0.4 is 5.32 Å². The second kappa shape index (κ2) is 6.91. The third kappa shape index (κ3) is 3.82. The Morgan fingerprint density at radius 2 is 2.33 bits per heavy atom. The fourth-order valence-corrected chi connectivity index (χ4v) is 2.99. The van der Waals surface area contributed by atoms with Gasteiger partial charge in [0.2, 0.25) is 0 Å². The zero-order chi connectivity index (χ0) is 12.8. The quantitative estimate of drug-likeness (QED) is 0.791. The first-order valence-corrected chi connectivity index (χ1v) is 7.33. The number of nitrogens with zero attached hydrogens (tertiary/aromatic N) is 1. The van der Waals surface area contributed by atoms with Gasteiger partial charge in [0.25, 0.3) is 0 Å². The largest absolute Gasteiger partial charge is 0.387 e. The summed E-state index contributed by atoms with van der Waals surface area (Å²) in [6, 6.07) is 2.49. The van der Waals surface area contributed by atoms with Gasteiger partial charge in [-0.3, -0.25) is 4.90 Å². The number of piperidine rings is 1. The van der Waals surface area contributed by atoms with Gasteiger partial charge in [-0.05, 0) is 35.2 Å². The van der Waals surface area contributed by atoms with Crippen LogP contribution in [0.25, 0.3) is 0 Å². The molecule has 98 valence electrons. The average molecular weight is 264 g/mol. The molecule has 1 unspecified atom stereocenters. The SMILES string of the molecule is C#CCN1CCC(NCC(O)c2ccsc2)CC1. The van der Waals surface area contributed by atoms with Crippen LogP contribution in [0.5, 0.6) is 0 Å². The third-order valence-electron chi connectivity index (χ3n) is 3.43. The number of rotatable bonds is 5. The summed E-state index contributed by atoms with van der Waals surface area (Å²) in [5.41, 5.74) is 1.01. The fourth-order valence-electron chi connectivity index (χ4n) is 2.29. The molecule has 0 amide bonds. The molecule has 0 aliphatic carbocycles. The van der Waals surface area contributed by atoms with Crippen molar-refractivity contribution < 1.29 is 5.11 Å². The van der Waals surface area contributed by atoms with E-state index < -0.39 is 0 Å². The number of likely N-dealkylation sites (tertiary alicyclic amines) is 1. The average Bonchev–Trinajstić information content (AvgIpc) is 2.92. The van der Waals surface area contributed by atoms with Crippen LogP contribution in [0, 0.1) is 12.3 Å². The molecule has 1 aliphatic rings. The number of terminal acetylenes is 1. The van der Waals surface area contributed by atoms with Crippen molar-refractivity contribution >= 4 is 11.3 Å². The van der Waals surface area contributed by atoms with Crippen molar-refractivity contribution in [2.45, 2.75) is 25.0 Å². The zero-order valence-corrected chi connectivity index (χ0v) is 11.3. The predicted octanol–water partition coefficient (Wildman–Crippen LogP) is 1.47. The van der Waals surface area contributed by atoms with E-state index in [9.17, 15) is 5.11 Å². The van der Waals surface area contributed by atoms with Crippen LogP contribution in [0.1, 0.15) is 24.5 Å². The van der Waals surface area contributed by atoms with Crippen molar-refractivity contribution in [3.63, 3.8) is 0 Å². The standard InChI is InChI=1S/C14H20N2OS/c1-2-6-16-7-3-13(4-8-16)15-10-14(17)12-5-9-18-11-12/h1,5,9,11,13-15,17H,3-4,6-8,10H2. The molecule has 1 atom stereocenters. The Labute approximate surface area is 113 Å². The molecule has 2 heterocycles. The van der Waals surface area contributed by atoms with E-state index in [1.54, 1.807) is 11.3 Å². The van der Waals surface area contributed by atoms with Gasteiger partial charge in [0.15, 0.2) is 0 Å². The highest BCUT2D eigenvalue weighted by atomic mass is 32.1. The molecule has 18 heavy (non-hydrogen) atoms. The van der Waals surface area contributed by atoms with Gasteiger partial charge in [-0.15, -0.1) is 6.42 Å². The summed E-state index contributed by atoms with van der Waals surface area (Å²) in [6.45, 7) is 3.49.